The van der Waals surface area contributed by atoms with Gasteiger partial charge in [0.05, 0.1) is 11.5 Å². The second-order valence-electron chi connectivity index (χ2n) is 6.71. The second kappa shape index (κ2) is 6.44. The van der Waals surface area contributed by atoms with Crippen molar-refractivity contribution in [3.05, 3.63) is 34.4 Å². The highest BCUT2D eigenvalue weighted by Gasteiger charge is 2.25. The summed E-state index contributed by atoms with van der Waals surface area (Å²) in [5.74, 6) is 0.260. The summed E-state index contributed by atoms with van der Waals surface area (Å²) >= 11 is 0. The average Bonchev–Trinajstić information content (AvgIpc) is 2.47. The quantitative estimate of drug-likeness (QED) is 0.631. The number of benzene rings is 1. The van der Waals surface area contributed by atoms with Crippen LogP contribution in [0.4, 0.5) is 11.4 Å². The van der Waals surface area contributed by atoms with Gasteiger partial charge >= 0.3 is 0 Å². The summed E-state index contributed by atoms with van der Waals surface area (Å²) in [6.45, 7) is 9.66. The van der Waals surface area contributed by atoms with E-state index in [1.54, 1.807) is 12.1 Å². The molecular weight excluding hydrogens is 282 g/mol. The molecule has 1 saturated heterocycles. The Labute approximate surface area is 130 Å². The minimum atomic E-state index is -0.389. The first kappa shape index (κ1) is 16.4. The van der Waals surface area contributed by atoms with E-state index in [4.69, 9.17) is 0 Å². The van der Waals surface area contributed by atoms with Crippen LogP contribution in [0.1, 0.15) is 20.8 Å². The molecule has 0 N–H and O–H groups in total. The van der Waals surface area contributed by atoms with Crippen LogP contribution in [0.15, 0.2) is 24.3 Å². The number of carbonyl (C=O) groups excluding carboxylic acids is 1. The number of nitrogens with zero attached hydrogens (tertiary/aromatic N) is 3. The molecule has 2 rings (SSSR count). The predicted octanol–water partition coefficient (Wildman–Crippen LogP) is 2.33. The predicted molar refractivity (Wildman–Crippen MR) is 86.2 cm³/mol. The van der Waals surface area contributed by atoms with Gasteiger partial charge in [0, 0.05) is 49.4 Å². The minimum absolute atomic E-state index is 0.109. The molecular formula is C16H23N3O3. The van der Waals surface area contributed by atoms with Crippen LogP contribution >= 0.6 is 0 Å². The Balaban J connectivity index is 1.89. The Morgan fingerprint density at radius 2 is 1.68 bits per heavy atom. The van der Waals surface area contributed by atoms with Crippen LogP contribution < -0.4 is 4.90 Å². The van der Waals surface area contributed by atoms with Crippen molar-refractivity contribution in [1.29, 1.82) is 0 Å². The molecule has 0 radical (unpaired) electrons. The number of ketones is 1. The van der Waals surface area contributed by atoms with Crippen LogP contribution in [0.5, 0.6) is 0 Å². The number of nitro benzene ring substituents is 1. The van der Waals surface area contributed by atoms with E-state index in [1.165, 1.54) is 12.1 Å². The normalized spacial score (nSPS) is 16.6. The smallest absolute Gasteiger partial charge is 0.269 e. The van der Waals surface area contributed by atoms with Gasteiger partial charge in [-0.05, 0) is 12.1 Å². The second-order valence-corrected chi connectivity index (χ2v) is 6.71. The summed E-state index contributed by atoms with van der Waals surface area (Å²) in [5, 5.41) is 10.7. The van der Waals surface area contributed by atoms with Crippen molar-refractivity contribution >= 4 is 17.2 Å². The van der Waals surface area contributed by atoms with Crippen LogP contribution in [-0.2, 0) is 4.79 Å². The van der Waals surface area contributed by atoms with E-state index >= 15 is 0 Å². The molecule has 0 spiro atoms. The Hall–Kier alpha value is -1.95. The molecule has 0 aromatic heterocycles. The van der Waals surface area contributed by atoms with Gasteiger partial charge in [-0.25, -0.2) is 0 Å². The van der Waals surface area contributed by atoms with Gasteiger partial charge < -0.3 is 4.90 Å². The summed E-state index contributed by atoms with van der Waals surface area (Å²) in [6, 6.07) is 6.64. The van der Waals surface area contributed by atoms with E-state index < -0.39 is 0 Å². The standard InChI is InChI=1S/C16H23N3O3/c1-16(2,3)15(20)12-17-8-10-18(11-9-17)13-4-6-14(7-5-13)19(21)22/h4-7H,8-12H2,1-3H3. The summed E-state index contributed by atoms with van der Waals surface area (Å²) in [7, 11) is 0. The highest BCUT2D eigenvalue weighted by atomic mass is 16.6. The maximum atomic E-state index is 12.1. The molecule has 0 unspecified atom stereocenters. The van der Waals surface area contributed by atoms with Crippen molar-refractivity contribution in [3.8, 4) is 0 Å². The lowest BCUT2D eigenvalue weighted by Gasteiger charge is -2.36. The molecule has 6 nitrogen and oxygen atoms in total. The zero-order valence-corrected chi connectivity index (χ0v) is 13.4. The number of nitro groups is 1. The fraction of sp³-hybridized carbons (Fsp3) is 0.562. The molecule has 0 atom stereocenters. The molecule has 22 heavy (non-hydrogen) atoms. The van der Waals surface area contributed by atoms with Crippen molar-refractivity contribution in [1.82, 2.24) is 4.90 Å². The van der Waals surface area contributed by atoms with E-state index in [0.29, 0.717) is 6.54 Å². The molecule has 1 fully saturated rings. The van der Waals surface area contributed by atoms with E-state index in [2.05, 4.69) is 9.80 Å². The lowest BCUT2D eigenvalue weighted by atomic mass is 9.90. The van der Waals surface area contributed by atoms with Gasteiger partial charge in [-0.1, -0.05) is 20.8 Å². The first-order chi connectivity index (χ1) is 10.3. The molecule has 1 aliphatic heterocycles. The lowest BCUT2D eigenvalue weighted by molar-refractivity contribution is -0.384. The summed E-state index contributed by atoms with van der Waals surface area (Å²) in [6.07, 6.45) is 0. The molecule has 0 amide bonds. The lowest BCUT2D eigenvalue weighted by Crippen LogP contribution is -2.49. The van der Waals surface area contributed by atoms with Gasteiger partial charge in [0.25, 0.3) is 5.69 Å². The third-order valence-corrected chi connectivity index (χ3v) is 4.00. The summed E-state index contributed by atoms with van der Waals surface area (Å²) in [5.41, 5.74) is 0.806. The SMILES string of the molecule is CC(C)(C)C(=O)CN1CCN(c2ccc([N+](=O)[O-])cc2)CC1. The van der Waals surface area contributed by atoms with Crippen molar-refractivity contribution in [2.24, 2.45) is 5.41 Å². The van der Waals surface area contributed by atoms with Crippen molar-refractivity contribution in [2.75, 3.05) is 37.6 Å². The van der Waals surface area contributed by atoms with Gasteiger partial charge in [-0.2, -0.15) is 0 Å². The molecule has 1 aromatic rings. The topological polar surface area (TPSA) is 66.7 Å². The zero-order chi connectivity index (χ0) is 16.3. The molecule has 0 saturated carbocycles. The third-order valence-electron chi connectivity index (χ3n) is 4.00. The average molecular weight is 305 g/mol. The van der Waals surface area contributed by atoms with Gasteiger partial charge in [0.2, 0.25) is 0 Å². The number of hydrogen-bond acceptors (Lipinski definition) is 5. The summed E-state index contributed by atoms with van der Waals surface area (Å²) in [4.78, 5) is 26.7. The number of Topliss-reactive ketones (excluding diaryl/α,β-unsaturated/α-hetero) is 1. The minimum Gasteiger partial charge on any atom is -0.369 e. The van der Waals surface area contributed by atoms with Crippen LogP contribution in [0, 0.1) is 15.5 Å². The molecule has 1 heterocycles. The van der Waals surface area contributed by atoms with Crippen LogP contribution in [0.25, 0.3) is 0 Å². The maximum absolute atomic E-state index is 12.1. The number of hydrogen-bond donors (Lipinski definition) is 0. The number of anilines is 1. The monoisotopic (exact) mass is 305 g/mol. The Morgan fingerprint density at radius 1 is 1.14 bits per heavy atom. The largest absolute Gasteiger partial charge is 0.369 e. The van der Waals surface area contributed by atoms with E-state index in [-0.39, 0.29) is 21.8 Å². The Kier molecular flexibility index (Phi) is 4.81. The highest BCUT2D eigenvalue weighted by molar-refractivity contribution is 5.85. The van der Waals surface area contributed by atoms with E-state index in [9.17, 15) is 14.9 Å². The van der Waals surface area contributed by atoms with Crippen molar-refractivity contribution < 1.29 is 9.72 Å². The van der Waals surface area contributed by atoms with Crippen LogP contribution in [0.3, 0.4) is 0 Å². The fourth-order valence-corrected chi connectivity index (χ4v) is 2.39. The molecule has 1 aliphatic rings. The molecule has 0 aliphatic carbocycles. The number of rotatable bonds is 4. The van der Waals surface area contributed by atoms with Crippen molar-refractivity contribution in [3.63, 3.8) is 0 Å². The highest BCUT2D eigenvalue weighted by Crippen LogP contribution is 2.21. The van der Waals surface area contributed by atoms with E-state index in [0.717, 1.165) is 31.9 Å². The van der Waals surface area contributed by atoms with Crippen LogP contribution in [0.2, 0.25) is 0 Å². The number of carbonyl (C=O) groups is 1. The molecule has 0 bridgehead atoms. The van der Waals surface area contributed by atoms with Gasteiger partial charge in [0.15, 0.2) is 5.78 Å². The van der Waals surface area contributed by atoms with Crippen molar-refractivity contribution in [2.45, 2.75) is 20.8 Å². The fourth-order valence-electron chi connectivity index (χ4n) is 2.39. The Bertz CT molecular complexity index is 541. The van der Waals surface area contributed by atoms with Gasteiger partial charge in [0.1, 0.15) is 0 Å². The first-order valence-electron chi connectivity index (χ1n) is 7.52. The van der Waals surface area contributed by atoms with Gasteiger partial charge in [-0.15, -0.1) is 0 Å². The van der Waals surface area contributed by atoms with Gasteiger partial charge in [-0.3, -0.25) is 19.8 Å². The molecule has 120 valence electrons. The molecule has 1 aromatic carbocycles. The summed E-state index contributed by atoms with van der Waals surface area (Å²) < 4.78 is 0. The number of non-ortho nitro benzene ring substituents is 1. The first-order valence-corrected chi connectivity index (χ1v) is 7.52. The number of piperazine rings is 1. The third kappa shape index (κ3) is 4.04. The maximum Gasteiger partial charge on any atom is 0.269 e. The zero-order valence-electron chi connectivity index (χ0n) is 13.4. The molecule has 6 heteroatoms. The van der Waals surface area contributed by atoms with E-state index in [1.807, 2.05) is 20.8 Å². The van der Waals surface area contributed by atoms with Crippen LogP contribution in [-0.4, -0.2) is 48.3 Å². The Morgan fingerprint density at radius 3 is 2.14 bits per heavy atom.